The summed E-state index contributed by atoms with van der Waals surface area (Å²) in [7, 11) is 0. The van der Waals surface area contributed by atoms with Crippen molar-refractivity contribution in [2.75, 3.05) is 5.32 Å². The maximum absolute atomic E-state index is 13.7. The maximum atomic E-state index is 13.7. The van der Waals surface area contributed by atoms with Crippen molar-refractivity contribution in [3.05, 3.63) is 81.5 Å². The summed E-state index contributed by atoms with van der Waals surface area (Å²) in [4.78, 5) is 29.2. The number of nitrogens with zero attached hydrogens (tertiary/aromatic N) is 4. The molecule has 30 heavy (non-hydrogen) atoms. The molecule has 0 atom stereocenters. The number of anilines is 1. The van der Waals surface area contributed by atoms with Crippen LogP contribution >= 0.6 is 11.6 Å². The predicted octanol–water partition coefficient (Wildman–Crippen LogP) is 3.46. The van der Waals surface area contributed by atoms with Gasteiger partial charge in [-0.3, -0.25) is 14.2 Å². The SMILES string of the molecule is Cc1ccc(Cl)cc1-n1ncc2c(=O)n(CC(=O)Nc3ccc(F)cc3F)cnc21. The van der Waals surface area contributed by atoms with Crippen LogP contribution in [0.25, 0.3) is 16.7 Å². The van der Waals surface area contributed by atoms with Crippen molar-refractivity contribution in [3.63, 3.8) is 0 Å². The lowest BCUT2D eigenvalue weighted by Gasteiger charge is -2.09. The molecule has 0 saturated heterocycles. The summed E-state index contributed by atoms with van der Waals surface area (Å²) in [6.07, 6.45) is 2.57. The van der Waals surface area contributed by atoms with Gasteiger partial charge in [0.15, 0.2) is 5.65 Å². The lowest BCUT2D eigenvalue weighted by atomic mass is 10.2. The molecule has 10 heteroatoms. The molecule has 4 aromatic rings. The summed E-state index contributed by atoms with van der Waals surface area (Å²) >= 11 is 6.07. The number of fused-ring (bicyclic) bond motifs is 1. The second kappa shape index (κ2) is 7.68. The first-order chi connectivity index (χ1) is 14.3. The van der Waals surface area contributed by atoms with Crippen LogP contribution in [-0.4, -0.2) is 25.2 Å². The van der Waals surface area contributed by atoms with Crippen molar-refractivity contribution in [2.45, 2.75) is 13.5 Å². The Morgan fingerprint density at radius 3 is 2.77 bits per heavy atom. The van der Waals surface area contributed by atoms with Crippen LogP contribution in [0, 0.1) is 18.6 Å². The van der Waals surface area contributed by atoms with Gasteiger partial charge in [0, 0.05) is 11.1 Å². The first kappa shape index (κ1) is 19.7. The van der Waals surface area contributed by atoms with E-state index in [1.807, 2.05) is 13.0 Å². The highest BCUT2D eigenvalue weighted by Gasteiger charge is 2.15. The summed E-state index contributed by atoms with van der Waals surface area (Å²) in [6.45, 7) is 1.47. The van der Waals surface area contributed by atoms with Gasteiger partial charge in [0.1, 0.15) is 29.9 Å². The molecule has 152 valence electrons. The van der Waals surface area contributed by atoms with E-state index in [9.17, 15) is 18.4 Å². The zero-order valence-electron chi connectivity index (χ0n) is 15.6. The molecule has 0 aliphatic rings. The second-order valence-electron chi connectivity index (χ2n) is 6.57. The maximum Gasteiger partial charge on any atom is 0.264 e. The van der Waals surface area contributed by atoms with E-state index in [0.717, 1.165) is 22.3 Å². The predicted molar refractivity (Wildman–Crippen MR) is 108 cm³/mol. The molecule has 1 N–H and O–H groups in total. The van der Waals surface area contributed by atoms with E-state index >= 15 is 0 Å². The molecule has 2 aromatic carbocycles. The third-order valence-electron chi connectivity index (χ3n) is 4.47. The molecular weight excluding hydrogens is 416 g/mol. The standard InChI is InChI=1S/C20H14ClF2N5O2/c1-11-2-3-12(21)6-17(11)28-19-14(8-25-28)20(30)27(10-24-19)9-18(29)26-16-5-4-13(22)7-15(16)23/h2-8,10H,9H2,1H3,(H,26,29). The molecular formula is C20H14ClF2N5O2. The Balaban J connectivity index is 1.64. The summed E-state index contributed by atoms with van der Waals surface area (Å²) < 4.78 is 29.3. The number of aromatic nitrogens is 4. The van der Waals surface area contributed by atoms with Gasteiger partial charge >= 0.3 is 0 Å². The summed E-state index contributed by atoms with van der Waals surface area (Å²) in [6, 6.07) is 8.05. The molecule has 0 bridgehead atoms. The minimum Gasteiger partial charge on any atom is -0.322 e. The zero-order valence-corrected chi connectivity index (χ0v) is 16.3. The summed E-state index contributed by atoms with van der Waals surface area (Å²) in [5, 5.41) is 7.25. The quantitative estimate of drug-likeness (QED) is 0.538. The van der Waals surface area contributed by atoms with E-state index in [0.29, 0.717) is 22.4 Å². The fraction of sp³-hybridized carbons (Fsp3) is 0.100. The van der Waals surface area contributed by atoms with Gasteiger partial charge in [0.2, 0.25) is 5.91 Å². The topological polar surface area (TPSA) is 81.8 Å². The lowest BCUT2D eigenvalue weighted by molar-refractivity contribution is -0.116. The van der Waals surface area contributed by atoms with E-state index in [4.69, 9.17) is 11.6 Å². The molecule has 0 aliphatic carbocycles. The Kier molecular flexibility index (Phi) is 5.04. The van der Waals surface area contributed by atoms with Crippen LogP contribution in [0.4, 0.5) is 14.5 Å². The van der Waals surface area contributed by atoms with Crippen LogP contribution in [-0.2, 0) is 11.3 Å². The van der Waals surface area contributed by atoms with E-state index < -0.39 is 29.6 Å². The van der Waals surface area contributed by atoms with Crippen LogP contribution in [0.1, 0.15) is 5.56 Å². The molecule has 0 unspecified atom stereocenters. The molecule has 7 nitrogen and oxygen atoms in total. The van der Waals surface area contributed by atoms with Gasteiger partial charge in [-0.1, -0.05) is 17.7 Å². The van der Waals surface area contributed by atoms with Crippen molar-refractivity contribution >= 4 is 34.2 Å². The van der Waals surface area contributed by atoms with Crippen LogP contribution in [0.3, 0.4) is 0 Å². The largest absolute Gasteiger partial charge is 0.322 e. The Labute approximate surface area is 173 Å². The Morgan fingerprint density at radius 2 is 2.00 bits per heavy atom. The second-order valence-corrected chi connectivity index (χ2v) is 7.01. The van der Waals surface area contributed by atoms with Crippen LogP contribution in [0.2, 0.25) is 5.02 Å². The number of nitrogens with one attached hydrogen (secondary N) is 1. The van der Waals surface area contributed by atoms with Gasteiger partial charge in [-0.25, -0.2) is 18.4 Å². The highest BCUT2D eigenvalue weighted by Crippen LogP contribution is 2.21. The third kappa shape index (κ3) is 3.67. The van der Waals surface area contributed by atoms with E-state index in [2.05, 4.69) is 15.4 Å². The van der Waals surface area contributed by atoms with Crippen LogP contribution in [0.5, 0.6) is 0 Å². The average Bonchev–Trinajstić information content (AvgIpc) is 3.13. The summed E-state index contributed by atoms with van der Waals surface area (Å²) in [5.41, 5.74) is 1.20. The first-order valence-corrected chi connectivity index (χ1v) is 9.16. The van der Waals surface area contributed by atoms with Gasteiger partial charge in [-0.2, -0.15) is 5.10 Å². The average molecular weight is 430 g/mol. The molecule has 0 aliphatic heterocycles. The van der Waals surface area contributed by atoms with Gasteiger partial charge in [0.05, 0.1) is 17.6 Å². The number of carbonyl (C=O) groups excluding carboxylic acids is 1. The Morgan fingerprint density at radius 1 is 1.20 bits per heavy atom. The normalized spacial score (nSPS) is 11.1. The van der Waals surface area contributed by atoms with Gasteiger partial charge < -0.3 is 5.32 Å². The Bertz CT molecular complexity index is 1350. The molecule has 0 fully saturated rings. The van der Waals surface area contributed by atoms with Crippen molar-refractivity contribution in [3.8, 4) is 5.69 Å². The van der Waals surface area contributed by atoms with Crippen LogP contribution < -0.4 is 10.9 Å². The molecule has 1 amide bonds. The van der Waals surface area contributed by atoms with Crippen molar-refractivity contribution in [1.29, 1.82) is 0 Å². The van der Waals surface area contributed by atoms with Crippen molar-refractivity contribution in [2.24, 2.45) is 0 Å². The fourth-order valence-corrected chi connectivity index (χ4v) is 3.15. The molecule has 0 spiro atoms. The van der Waals surface area contributed by atoms with Crippen molar-refractivity contribution in [1.82, 2.24) is 19.3 Å². The monoisotopic (exact) mass is 429 g/mol. The lowest BCUT2D eigenvalue weighted by Crippen LogP contribution is -2.28. The number of halogens is 3. The van der Waals surface area contributed by atoms with Gasteiger partial charge in [-0.15, -0.1) is 0 Å². The molecule has 0 saturated carbocycles. The van der Waals surface area contributed by atoms with Crippen LogP contribution in [0.15, 0.2) is 53.7 Å². The molecule has 4 rings (SSSR count). The highest BCUT2D eigenvalue weighted by molar-refractivity contribution is 6.30. The molecule has 0 radical (unpaired) electrons. The fourth-order valence-electron chi connectivity index (χ4n) is 2.98. The third-order valence-corrected chi connectivity index (χ3v) is 4.71. The number of hydrogen-bond acceptors (Lipinski definition) is 4. The summed E-state index contributed by atoms with van der Waals surface area (Å²) in [5.74, 6) is -2.34. The minimum absolute atomic E-state index is 0.187. The number of amides is 1. The number of hydrogen-bond donors (Lipinski definition) is 1. The van der Waals surface area contributed by atoms with E-state index in [1.165, 1.54) is 17.2 Å². The zero-order chi connectivity index (χ0) is 21.4. The number of rotatable bonds is 4. The van der Waals surface area contributed by atoms with Gasteiger partial charge in [0.25, 0.3) is 5.56 Å². The van der Waals surface area contributed by atoms with Crippen molar-refractivity contribution < 1.29 is 13.6 Å². The van der Waals surface area contributed by atoms with E-state index in [-0.39, 0.29) is 11.1 Å². The number of carbonyl (C=O) groups is 1. The molecule has 2 heterocycles. The number of benzene rings is 2. The first-order valence-electron chi connectivity index (χ1n) is 8.78. The number of aryl methyl sites for hydroxylation is 1. The minimum atomic E-state index is -0.914. The Hall–Kier alpha value is -3.59. The van der Waals surface area contributed by atoms with E-state index in [1.54, 1.807) is 12.1 Å². The highest BCUT2D eigenvalue weighted by atomic mass is 35.5. The molecule has 2 aromatic heterocycles. The smallest absolute Gasteiger partial charge is 0.264 e. The van der Waals surface area contributed by atoms with Gasteiger partial charge in [-0.05, 0) is 36.8 Å².